The molecule has 0 bridgehead atoms. The Morgan fingerprint density at radius 1 is 1.00 bits per heavy atom. The van der Waals surface area contributed by atoms with Gasteiger partial charge in [0.25, 0.3) is 5.91 Å². The van der Waals surface area contributed by atoms with E-state index < -0.39 is 17.8 Å². The number of rotatable bonds is 5. The first kappa shape index (κ1) is 15.7. The van der Waals surface area contributed by atoms with Crippen molar-refractivity contribution < 1.29 is 23.9 Å². The quantitative estimate of drug-likeness (QED) is 0.745. The summed E-state index contributed by atoms with van der Waals surface area (Å²) >= 11 is 0. The van der Waals surface area contributed by atoms with Gasteiger partial charge in [0.1, 0.15) is 13.1 Å². The predicted octanol–water partition coefficient (Wildman–Crippen LogP) is 0.783. The molecular weight excluding hydrogens is 262 g/mol. The normalized spacial score (nSPS) is 9.75. The molecule has 0 fully saturated rings. The third-order valence-electron chi connectivity index (χ3n) is 2.76. The zero-order valence-corrected chi connectivity index (χ0v) is 11.7. The number of amides is 1. The lowest BCUT2D eigenvalue weighted by molar-refractivity contribution is -0.144. The molecule has 1 aromatic rings. The SMILES string of the molecule is COC(=O)CN(CC(=O)OC)C(=O)c1ccccc1C. The van der Waals surface area contributed by atoms with E-state index in [1.807, 2.05) is 0 Å². The molecule has 0 saturated heterocycles. The highest BCUT2D eigenvalue weighted by Gasteiger charge is 2.23. The van der Waals surface area contributed by atoms with E-state index in [0.717, 1.165) is 10.5 Å². The van der Waals surface area contributed by atoms with Gasteiger partial charge < -0.3 is 14.4 Å². The Morgan fingerprint density at radius 2 is 1.50 bits per heavy atom. The summed E-state index contributed by atoms with van der Waals surface area (Å²) in [4.78, 5) is 36.2. The lowest BCUT2D eigenvalue weighted by Gasteiger charge is -2.21. The maximum atomic E-state index is 12.4. The van der Waals surface area contributed by atoms with Crippen molar-refractivity contribution in [3.05, 3.63) is 35.4 Å². The van der Waals surface area contributed by atoms with Crippen molar-refractivity contribution >= 4 is 17.8 Å². The smallest absolute Gasteiger partial charge is 0.325 e. The maximum absolute atomic E-state index is 12.4. The van der Waals surface area contributed by atoms with Gasteiger partial charge in [-0.1, -0.05) is 18.2 Å². The van der Waals surface area contributed by atoms with Crippen LogP contribution >= 0.6 is 0 Å². The third-order valence-corrected chi connectivity index (χ3v) is 2.76. The zero-order chi connectivity index (χ0) is 15.1. The Balaban J connectivity index is 2.97. The van der Waals surface area contributed by atoms with Gasteiger partial charge in [0, 0.05) is 5.56 Å². The van der Waals surface area contributed by atoms with Gasteiger partial charge in [-0.15, -0.1) is 0 Å². The molecule has 1 rings (SSSR count). The average molecular weight is 279 g/mol. The number of ether oxygens (including phenoxy) is 2. The third kappa shape index (κ3) is 4.08. The van der Waals surface area contributed by atoms with Gasteiger partial charge in [0.15, 0.2) is 0 Å². The van der Waals surface area contributed by atoms with Crippen LogP contribution < -0.4 is 0 Å². The average Bonchev–Trinajstić information content (AvgIpc) is 2.45. The molecule has 0 aromatic heterocycles. The zero-order valence-electron chi connectivity index (χ0n) is 11.7. The summed E-state index contributed by atoms with van der Waals surface area (Å²) in [6.45, 7) is 1.17. The van der Waals surface area contributed by atoms with Crippen LogP contribution in [0.4, 0.5) is 0 Å². The highest BCUT2D eigenvalue weighted by atomic mass is 16.5. The molecule has 1 aromatic carbocycles. The second-order valence-electron chi connectivity index (χ2n) is 4.13. The molecule has 1 amide bonds. The second-order valence-corrected chi connectivity index (χ2v) is 4.13. The van der Waals surface area contributed by atoms with Crippen molar-refractivity contribution in [2.24, 2.45) is 0 Å². The summed E-state index contributed by atoms with van der Waals surface area (Å²) in [5.74, 6) is -1.62. The molecule has 0 atom stereocenters. The maximum Gasteiger partial charge on any atom is 0.325 e. The standard InChI is InChI=1S/C14H17NO5/c1-10-6-4-5-7-11(10)14(18)15(8-12(16)19-2)9-13(17)20-3/h4-7H,8-9H2,1-3H3. The molecule has 0 unspecified atom stereocenters. The summed E-state index contributed by atoms with van der Waals surface area (Å²) in [6.07, 6.45) is 0. The van der Waals surface area contributed by atoms with Gasteiger partial charge in [0.2, 0.25) is 0 Å². The van der Waals surface area contributed by atoms with Crippen molar-refractivity contribution in [3.63, 3.8) is 0 Å². The number of methoxy groups -OCH3 is 2. The summed E-state index contributed by atoms with van der Waals surface area (Å²) in [6, 6.07) is 6.94. The molecule has 0 N–H and O–H groups in total. The van der Waals surface area contributed by atoms with Crippen molar-refractivity contribution in [1.82, 2.24) is 4.90 Å². The fourth-order valence-electron chi connectivity index (χ4n) is 1.62. The number of nitrogens with zero attached hydrogens (tertiary/aromatic N) is 1. The number of aryl methyl sites for hydroxylation is 1. The molecule has 108 valence electrons. The molecule has 0 aliphatic rings. The number of carbonyl (C=O) groups is 3. The van der Waals surface area contributed by atoms with Crippen molar-refractivity contribution in [2.45, 2.75) is 6.92 Å². The molecule has 0 aliphatic carbocycles. The lowest BCUT2D eigenvalue weighted by atomic mass is 10.1. The fraction of sp³-hybridized carbons (Fsp3) is 0.357. The Hall–Kier alpha value is -2.37. The highest BCUT2D eigenvalue weighted by Crippen LogP contribution is 2.11. The Bertz CT molecular complexity index is 494. The van der Waals surface area contributed by atoms with Gasteiger partial charge in [-0.05, 0) is 18.6 Å². The number of hydrogen-bond acceptors (Lipinski definition) is 5. The first-order chi connectivity index (χ1) is 9.49. The summed E-state index contributed by atoms with van der Waals surface area (Å²) in [5, 5.41) is 0. The van der Waals surface area contributed by atoms with Crippen LogP contribution in [0.1, 0.15) is 15.9 Å². The van der Waals surface area contributed by atoms with Crippen LogP contribution in [0.3, 0.4) is 0 Å². The molecule has 0 saturated carbocycles. The van der Waals surface area contributed by atoms with Crippen LogP contribution in [-0.2, 0) is 19.1 Å². The van der Waals surface area contributed by atoms with Crippen LogP contribution in [0.5, 0.6) is 0 Å². The minimum atomic E-state index is -0.601. The van der Waals surface area contributed by atoms with E-state index in [4.69, 9.17) is 0 Å². The summed E-state index contributed by atoms with van der Waals surface area (Å²) in [5.41, 5.74) is 1.19. The van der Waals surface area contributed by atoms with E-state index in [2.05, 4.69) is 9.47 Å². The van der Waals surface area contributed by atoms with E-state index in [1.54, 1.807) is 31.2 Å². The van der Waals surface area contributed by atoms with Crippen LogP contribution in [0.2, 0.25) is 0 Å². The van der Waals surface area contributed by atoms with Crippen LogP contribution in [0.25, 0.3) is 0 Å². The van der Waals surface area contributed by atoms with Crippen LogP contribution in [-0.4, -0.2) is 50.1 Å². The highest BCUT2D eigenvalue weighted by molar-refractivity contribution is 5.98. The largest absolute Gasteiger partial charge is 0.468 e. The van der Waals surface area contributed by atoms with Crippen LogP contribution in [0, 0.1) is 6.92 Å². The molecule has 0 radical (unpaired) electrons. The van der Waals surface area contributed by atoms with Crippen LogP contribution in [0.15, 0.2) is 24.3 Å². The molecule has 6 heteroatoms. The number of benzene rings is 1. The predicted molar refractivity (Wildman–Crippen MR) is 71.1 cm³/mol. The van der Waals surface area contributed by atoms with E-state index >= 15 is 0 Å². The number of carbonyl (C=O) groups excluding carboxylic acids is 3. The lowest BCUT2D eigenvalue weighted by Crippen LogP contribution is -2.40. The fourth-order valence-corrected chi connectivity index (χ4v) is 1.62. The van der Waals surface area contributed by atoms with Crippen molar-refractivity contribution in [3.8, 4) is 0 Å². The minimum Gasteiger partial charge on any atom is -0.468 e. The monoisotopic (exact) mass is 279 g/mol. The van der Waals surface area contributed by atoms with E-state index in [9.17, 15) is 14.4 Å². The molecule has 0 aliphatic heterocycles. The topological polar surface area (TPSA) is 72.9 Å². The first-order valence-electron chi connectivity index (χ1n) is 5.98. The molecule has 0 heterocycles. The second kappa shape index (κ2) is 7.28. The molecule has 6 nitrogen and oxygen atoms in total. The van der Waals surface area contributed by atoms with Gasteiger partial charge in [-0.25, -0.2) is 0 Å². The van der Waals surface area contributed by atoms with Gasteiger partial charge in [-0.2, -0.15) is 0 Å². The van der Waals surface area contributed by atoms with E-state index in [-0.39, 0.29) is 13.1 Å². The number of esters is 2. The van der Waals surface area contributed by atoms with E-state index in [1.165, 1.54) is 14.2 Å². The van der Waals surface area contributed by atoms with Gasteiger partial charge in [0.05, 0.1) is 14.2 Å². The van der Waals surface area contributed by atoms with Gasteiger partial charge in [-0.3, -0.25) is 14.4 Å². The Morgan fingerprint density at radius 3 is 1.95 bits per heavy atom. The summed E-state index contributed by atoms with van der Waals surface area (Å²) < 4.78 is 9.05. The van der Waals surface area contributed by atoms with Gasteiger partial charge >= 0.3 is 11.9 Å². The number of hydrogen-bond donors (Lipinski definition) is 0. The minimum absolute atomic E-state index is 0.307. The molecular formula is C14H17NO5. The molecule has 0 spiro atoms. The van der Waals surface area contributed by atoms with Crippen molar-refractivity contribution in [1.29, 1.82) is 0 Å². The van der Waals surface area contributed by atoms with E-state index in [0.29, 0.717) is 5.56 Å². The Kier molecular flexibility index (Phi) is 5.71. The molecule has 20 heavy (non-hydrogen) atoms. The van der Waals surface area contributed by atoms with Crippen molar-refractivity contribution in [2.75, 3.05) is 27.3 Å². The Labute approximate surface area is 117 Å². The first-order valence-corrected chi connectivity index (χ1v) is 5.98. The summed E-state index contributed by atoms with van der Waals surface area (Å²) in [7, 11) is 2.44.